The molecule has 1 aromatic rings. The molecule has 2 heterocycles. The largest absolute Gasteiger partial charge is 0.698 e. The van der Waals surface area contributed by atoms with Gasteiger partial charge in [0.25, 0.3) is 6.29 Å². The molecular formula is C24H41N3O7PS+. The van der Waals surface area contributed by atoms with Gasteiger partial charge in [-0.2, -0.15) is 4.98 Å². The highest BCUT2D eigenvalue weighted by Gasteiger charge is 2.41. The maximum atomic E-state index is 12.3. The number of thioether (sulfide) groups is 1. The number of aromatic nitrogens is 2. The summed E-state index contributed by atoms with van der Waals surface area (Å²) in [6.07, 6.45) is 15.3. The van der Waals surface area contributed by atoms with Crippen LogP contribution < -0.4 is 11.4 Å². The van der Waals surface area contributed by atoms with Crippen LogP contribution in [0.25, 0.3) is 0 Å². The summed E-state index contributed by atoms with van der Waals surface area (Å²) in [4.78, 5) is 37.2. The third-order valence-electron chi connectivity index (χ3n) is 6.00. The number of unbranched alkanes of at least 4 members (excludes halogenated alkanes) is 12. The standard InChI is InChI=1S/C24H40N3O7PS/c1-2-3-4-5-6-7-8-9-10-11-12-13-14-15-21(28)33-22(34-35(30)31)23-32-20(18-36-23)27-17-16-19(25)26-24(27)29/h16-17,20,22-23H,2-15,18H2,1H3,(H2-,25,26,29,30,31)/p+1/t20-,22?,23+/m1/s1. The van der Waals surface area contributed by atoms with Crippen molar-refractivity contribution in [2.24, 2.45) is 0 Å². The molecule has 36 heavy (non-hydrogen) atoms. The lowest BCUT2D eigenvalue weighted by Gasteiger charge is -2.19. The third kappa shape index (κ3) is 12.1. The number of carbonyl (C=O) groups excluding carboxylic acids is 1. The Morgan fingerprint density at radius 1 is 1.17 bits per heavy atom. The van der Waals surface area contributed by atoms with Crippen molar-refractivity contribution in [1.82, 2.24) is 9.55 Å². The van der Waals surface area contributed by atoms with E-state index in [1.807, 2.05) is 0 Å². The summed E-state index contributed by atoms with van der Waals surface area (Å²) >= 11 is 1.22. The number of esters is 1. The van der Waals surface area contributed by atoms with Crippen LogP contribution in [0.1, 0.15) is 103 Å². The highest BCUT2D eigenvalue weighted by molar-refractivity contribution is 8.00. The zero-order valence-electron chi connectivity index (χ0n) is 21.2. The van der Waals surface area contributed by atoms with Crippen LogP contribution in [-0.2, 0) is 23.4 Å². The van der Waals surface area contributed by atoms with Crippen molar-refractivity contribution in [3.8, 4) is 0 Å². The summed E-state index contributed by atoms with van der Waals surface area (Å²) in [5.41, 5.74) is 4.07. The molecule has 2 rings (SSSR count). The summed E-state index contributed by atoms with van der Waals surface area (Å²) in [6, 6.07) is 1.47. The topological polar surface area (TPSA) is 143 Å². The van der Waals surface area contributed by atoms with E-state index < -0.39 is 37.9 Å². The number of nitrogens with zero attached hydrogens (tertiary/aromatic N) is 2. The number of hydrogen-bond acceptors (Lipinski definition) is 9. The van der Waals surface area contributed by atoms with Gasteiger partial charge >= 0.3 is 19.9 Å². The number of nitrogen functional groups attached to an aromatic ring is 1. The zero-order chi connectivity index (χ0) is 26.2. The molecule has 10 nitrogen and oxygen atoms in total. The lowest BCUT2D eigenvalue weighted by Crippen LogP contribution is -2.33. The number of ether oxygens (including phenoxy) is 2. The molecule has 1 aliphatic rings. The van der Waals surface area contributed by atoms with Crippen molar-refractivity contribution < 1.29 is 28.3 Å². The molecular weight excluding hydrogens is 505 g/mol. The van der Waals surface area contributed by atoms with Crippen molar-refractivity contribution in [2.45, 2.75) is 115 Å². The van der Waals surface area contributed by atoms with Crippen LogP contribution in [0.4, 0.5) is 5.82 Å². The van der Waals surface area contributed by atoms with Gasteiger partial charge in [0.05, 0.1) is 0 Å². The number of rotatable bonds is 19. The lowest BCUT2D eigenvalue weighted by atomic mass is 10.0. The molecule has 0 spiro atoms. The third-order valence-corrected chi connectivity index (χ3v) is 7.53. The van der Waals surface area contributed by atoms with E-state index in [4.69, 9.17) is 19.7 Å². The average Bonchev–Trinajstić information content (AvgIpc) is 3.31. The second-order valence-corrected chi connectivity index (χ2v) is 10.8. The smallest absolute Gasteiger partial charge is 0.427 e. The van der Waals surface area contributed by atoms with Crippen molar-refractivity contribution in [2.75, 3.05) is 11.5 Å². The maximum absolute atomic E-state index is 12.3. The van der Waals surface area contributed by atoms with Gasteiger partial charge in [0.2, 0.25) is 0 Å². The summed E-state index contributed by atoms with van der Waals surface area (Å²) in [6.45, 7) is 2.24. The highest BCUT2D eigenvalue weighted by Crippen LogP contribution is 2.37. The first-order valence-electron chi connectivity index (χ1n) is 13.0. The Morgan fingerprint density at radius 3 is 2.31 bits per heavy atom. The van der Waals surface area contributed by atoms with Gasteiger partial charge in [-0.25, -0.2) is 4.79 Å². The molecule has 0 saturated carbocycles. The Bertz CT molecular complexity index is 857. The first-order chi connectivity index (χ1) is 17.4. The Balaban J connectivity index is 1.62. The minimum Gasteiger partial charge on any atom is -0.427 e. The monoisotopic (exact) mass is 546 g/mol. The predicted molar refractivity (Wildman–Crippen MR) is 140 cm³/mol. The molecule has 204 valence electrons. The van der Waals surface area contributed by atoms with Crippen LogP contribution >= 0.6 is 20.0 Å². The van der Waals surface area contributed by atoms with E-state index in [9.17, 15) is 19.0 Å². The number of nitrogens with two attached hydrogens (primary N) is 1. The van der Waals surface area contributed by atoms with Crippen molar-refractivity contribution in [3.05, 3.63) is 22.7 Å². The summed E-state index contributed by atoms with van der Waals surface area (Å²) in [7, 11) is -3.02. The minimum atomic E-state index is -3.02. The normalized spacial score (nSPS) is 18.8. The van der Waals surface area contributed by atoms with Crippen molar-refractivity contribution in [3.63, 3.8) is 0 Å². The second kappa shape index (κ2) is 17.9. The van der Waals surface area contributed by atoms with Gasteiger partial charge in [-0.15, -0.1) is 16.7 Å². The molecule has 0 radical (unpaired) electrons. The summed E-state index contributed by atoms with van der Waals surface area (Å²) < 4.78 is 28.5. The Hall–Kier alpha value is -1.52. The van der Waals surface area contributed by atoms with Gasteiger partial charge in [-0.1, -0.05) is 88.5 Å². The van der Waals surface area contributed by atoms with Gasteiger partial charge in [-0.3, -0.25) is 9.36 Å². The molecule has 12 heteroatoms. The fourth-order valence-corrected chi connectivity index (χ4v) is 5.52. The van der Waals surface area contributed by atoms with Crippen LogP contribution in [0.15, 0.2) is 17.1 Å². The molecule has 1 fully saturated rings. The molecule has 0 amide bonds. The van der Waals surface area contributed by atoms with Crippen molar-refractivity contribution >= 4 is 31.8 Å². The van der Waals surface area contributed by atoms with Crippen LogP contribution in [-0.4, -0.2) is 37.9 Å². The lowest BCUT2D eigenvalue weighted by molar-refractivity contribution is -0.180. The van der Waals surface area contributed by atoms with Crippen LogP contribution in [0.2, 0.25) is 0 Å². The fraction of sp³-hybridized carbons (Fsp3) is 0.792. The van der Waals surface area contributed by atoms with E-state index in [1.165, 1.54) is 86.4 Å². The van der Waals surface area contributed by atoms with E-state index in [1.54, 1.807) is 0 Å². The first kappa shape index (κ1) is 30.7. The Labute approximate surface area is 218 Å². The first-order valence-corrected chi connectivity index (χ1v) is 15.2. The van der Waals surface area contributed by atoms with E-state index >= 15 is 0 Å². The van der Waals surface area contributed by atoms with E-state index in [-0.39, 0.29) is 12.2 Å². The van der Waals surface area contributed by atoms with Crippen LogP contribution in [0, 0.1) is 0 Å². The maximum Gasteiger partial charge on any atom is 0.698 e. The predicted octanol–water partition coefficient (Wildman–Crippen LogP) is 5.43. The number of hydrogen-bond donors (Lipinski definition) is 2. The molecule has 1 aromatic heterocycles. The molecule has 2 unspecified atom stereocenters. The molecule has 0 aromatic carbocycles. The molecule has 3 N–H and O–H groups in total. The minimum absolute atomic E-state index is 0.0963. The summed E-state index contributed by atoms with van der Waals surface area (Å²) in [5, 5.41) is 0. The van der Waals surface area contributed by atoms with Crippen LogP contribution in [0.3, 0.4) is 0 Å². The zero-order valence-corrected chi connectivity index (χ0v) is 22.9. The van der Waals surface area contributed by atoms with Gasteiger partial charge in [0.1, 0.15) is 12.0 Å². The van der Waals surface area contributed by atoms with Crippen molar-refractivity contribution in [1.29, 1.82) is 0 Å². The molecule has 0 bridgehead atoms. The molecule has 0 aliphatic carbocycles. The van der Waals surface area contributed by atoms with Gasteiger partial charge in [0, 0.05) is 22.9 Å². The van der Waals surface area contributed by atoms with E-state index in [0.717, 1.165) is 19.3 Å². The molecule has 1 saturated heterocycles. The Morgan fingerprint density at radius 2 is 1.75 bits per heavy atom. The number of carbonyl (C=O) groups is 1. The van der Waals surface area contributed by atoms with Crippen LogP contribution in [0.5, 0.6) is 0 Å². The highest BCUT2D eigenvalue weighted by atomic mass is 32.2. The van der Waals surface area contributed by atoms with Gasteiger partial charge < -0.3 is 15.2 Å². The summed E-state index contributed by atoms with van der Waals surface area (Å²) in [5.74, 6) is -0.0767. The quantitative estimate of drug-likeness (QED) is 0.0997. The average molecular weight is 547 g/mol. The van der Waals surface area contributed by atoms with E-state index in [0.29, 0.717) is 12.2 Å². The number of anilines is 1. The molecule has 1 aliphatic heterocycles. The second-order valence-electron chi connectivity index (χ2n) is 9.03. The van der Waals surface area contributed by atoms with Gasteiger partial charge in [0.15, 0.2) is 5.44 Å². The SMILES string of the molecule is CCCCCCCCCCCCCCCC(=O)OC(O[P+](=O)O)[C@H]1O[C@@H](n2ccc(N)nc2=O)CS1. The Kier molecular flexibility index (Phi) is 15.2. The van der Waals surface area contributed by atoms with Gasteiger partial charge in [-0.05, 0) is 12.5 Å². The molecule has 4 atom stereocenters. The fourth-order valence-electron chi connectivity index (χ4n) is 4.04. The van der Waals surface area contributed by atoms with E-state index in [2.05, 4.69) is 11.9 Å².